The first-order chi connectivity index (χ1) is 8.10. The zero-order valence-corrected chi connectivity index (χ0v) is 10.5. The number of ether oxygens (including phenoxy) is 1. The summed E-state index contributed by atoms with van der Waals surface area (Å²) in [5.41, 5.74) is 2.06. The molecule has 0 spiro atoms. The summed E-state index contributed by atoms with van der Waals surface area (Å²) in [6.07, 6.45) is 1.04. The first-order valence-corrected chi connectivity index (χ1v) is 5.53. The van der Waals surface area contributed by atoms with E-state index in [0.717, 1.165) is 0 Å². The molecule has 0 heterocycles. The summed E-state index contributed by atoms with van der Waals surface area (Å²) in [6, 6.07) is 0. The molecule has 0 aliphatic carbocycles. The van der Waals surface area contributed by atoms with E-state index < -0.39 is 0 Å². The van der Waals surface area contributed by atoms with Crippen LogP contribution in [0.1, 0.15) is 12.8 Å². The molecule has 100 valence electrons. The molecule has 0 bridgehead atoms. The average Bonchev–Trinajstić information content (AvgIpc) is 2.29. The van der Waals surface area contributed by atoms with E-state index >= 15 is 0 Å². The van der Waals surface area contributed by atoms with Crippen LogP contribution in [0.4, 0.5) is 0 Å². The molecule has 4 N–H and O–H groups in total. The Hall–Kier alpha value is -1.18. The van der Waals surface area contributed by atoms with Crippen molar-refractivity contribution in [2.75, 3.05) is 40.4 Å². The minimum atomic E-state index is -0.192. The third-order valence-corrected chi connectivity index (χ3v) is 2.15. The summed E-state index contributed by atoms with van der Waals surface area (Å²) >= 11 is 0. The second-order valence-electron chi connectivity index (χ2n) is 3.75. The molecule has 0 aromatic carbocycles. The second-order valence-corrected chi connectivity index (χ2v) is 3.75. The van der Waals surface area contributed by atoms with Crippen molar-refractivity contribution in [3.63, 3.8) is 0 Å². The van der Waals surface area contributed by atoms with Crippen LogP contribution in [0.5, 0.6) is 0 Å². The summed E-state index contributed by atoms with van der Waals surface area (Å²) in [5.74, 6) is 4.71. The molecule has 17 heavy (non-hydrogen) atoms. The van der Waals surface area contributed by atoms with E-state index in [1.54, 1.807) is 7.11 Å². The lowest BCUT2D eigenvalue weighted by atomic mass is 10.3. The molecule has 7 nitrogen and oxygen atoms in total. The normalized spacial score (nSPS) is 10.4. The van der Waals surface area contributed by atoms with Gasteiger partial charge >= 0.3 is 0 Å². The fourth-order valence-corrected chi connectivity index (χ4v) is 1.25. The zero-order chi connectivity index (χ0) is 13.1. The first kappa shape index (κ1) is 15.8. The molecule has 0 aromatic heterocycles. The van der Waals surface area contributed by atoms with E-state index in [1.807, 2.05) is 11.9 Å². The van der Waals surface area contributed by atoms with Gasteiger partial charge in [0.2, 0.25) is 11.8 Å². The van der Waals surface area contributed by atoms with E-state index in [1.165, 1.54) is 0 Å². The molecule has 0 aromatic rings. The Balaban J connectivity index is 3.53. The summed E-state index contributed by atoms with van der Waals surface area (Å²) in [7, 11) is 3.41. The number of carbonyl (C=O) groups excluding carboxylic acids is 2. The quantitative estimate of drug-likeness (QED) is 0.198. The summed E-state index contributed by atoms with van der Waals surface area (Å²) in [5, 5.41) is 2.72. The lowest BCUT2D eigenvalue weighted by molar-refractivity contribution is -0.122. The van der Waals surface area contributed by atoms with Crippen LogP contribution in [-0.4, -0.2) is 57.1 Å². The number of nitrogens with zero attached hydrogens (tertiary/aromatic N) is 1. The molecule has 0 saturated heterocycles. The number of hydrogen-bond acceptors (Lipinski definition) is 5. The van der Waals surface area contributed by atoms with Crippen LogP contribution < -0.4 is 16.6 Å². The number of carbonyl (C=O) groups is 2. The highest BCUT2D eigenvalue weighted by Gasteiger charge is 2.06. The lowest BCUT2D eigenvalue weighted by Crippen LogP contribution is -2.37. The lowest BCUT2D eigenvalue weighted by Gasteiger charge is -2.15. The number of hydrazine groups is 1. The van der Waals surface area contributed by atoms with Crippen LogP contribution >= 0.6 is 0 Å². The van der Waals surface area contributed by atoms with Crippen molar-refractivity contribution in [1.82, 2.24) is 15.6 Å². The number of amides is 2. The van der Waals surface area contributed by atoms with Crippen LogP contribution in [0.3, 0.4) is 0 Å². The highest BCUT2D eigenvalue weighted by atomic mass is 16.5. The third-order valence-electron chi connectivity index (χ3n) is 2.15. The number of methoxy groups -OCH3 is 1. The van der Waals surface area contributed by atoms with Crippen molar-refractivity contribution in [1.29, 1.82) is 0 Å². The van der Waals surface area contributed by atoms with E-state index in [0.29, 0.717) is 39.1 Å². The SMILES string of the molecule is COCCNC(=O)CN(C)CCCC(=O)NN. The van der Waals surface area contributed by atoms with Crippen molar-refractivity contribution in [3.8, 4) is 0 Å². The van der Waals surface area contributed by atoms with Gasteiger partial charge in [-0.25, -0.2) is 5.84 Å². The van der Waals surface area contributed by atoms with Crippen LogP contribution in [0.2, 0.25) is 0 Å². The highest BCUT2D eigenvalue weighted by molar-refractivity contribution is 5.78. The van der Waals surface area contributed by atoms with Gasteiger partial charge in [0.15, 0.2) is 0 Å². The molecule has 0 aliphatic heterocycles. The van der Waals surface area contributed by atoms with Gasteiger partial charge in [-0.1, -0.05) is 0 Å². The van der Waals surface area contributed by atoms with Gasteiger partial charge in [0.05, 0.1) is 13.2 Å². The summed E-state index contributed by atoms with van der Waals surface area (Å²) < 4.78 is 4.82. The largest absolute Gasteiger partial charge is 0.383 e. The molecule has 0 aliphatic rings. The minimum Gasteiger partial charge on any atom is -0.383 e. The second kappa shape index (κ2) is 10.0. The number of nitrogens with two attached hydrogens (primary N) is 1. The van der Waals surface area contributed by atoms with E-state index in [4.69, 9.17) is 10.6 Å². The number of likely N-dealkylation sites (N-methyl/N-ethyl adjacent to an activating group) is 1. The Morgan fingerprint density at radius 3 is 2.65 bits per heavy atom. The van der Waals surface area contributed by atoms with Gasteiger partial charge in [-0.3, -0.25) is 19.9 Å². The molecule has 7 heteroatoms. The van der Waals surface area contributed by atoms with Gasteiger partial charge in [-0.2, -0.15) is 0 Å². The fraction of sp³-hybridized carbons (Fsp3) is 0.800. The topological polar surface area (TPSA) is 96.7 Å². The van der Waals surface area contributed by atoms with Gasteiger partial charge in [-0.15, -0.1) is 0 Å². The maximum atomic E-state index is 11.4. The Bertz CT molecular complexity index is 236. The van der Waals surface area contributed by atoms with Gasteiger partial charge < -0.3 is 10.1 Å². The molecule has 0 radical (unpaired) electrons. The molecule has 0 atom stereocenters. The number of nitrogens with one attached hydrogen (secondary N) is 2. The predicted octanol–water partition coefficient (Wildman–Crippen LogP) is -1.55. The molecule has 0 fully saturated rings. The monoisotopic (exact) mass is 246 g/mol. The smallest absolute Gasteiger partial charge is 0.234 e. The average molecular weight is 246 g/mol. The molecule has 0 saturated carbocycles. The van der Waals surface area contributed by atoms with Crippen molar-refractivity contribution < 1.29 is 14.3 Å². The maximum absolute atomic E-state index is 11.4. The maximum Gasteiger partial charge on any atom is 0.234 e. The van der Waals surface area contributed by atoms with Crippen molar-refractivity contribution in [2.24, 2.45) is 5.84 Å². The Labute approximate surface area is 102 Å². The Morgan fingerprint density at radius 1 is 1.35 bits per heavy atom. The van der Waals surface area contributed by atoms with Crippen LogP contribution in [0, 0.1) is 0 Å². The molecule has 0 rings (SSSR count). The molecular weight excluding hydrogens is 224 g/mol. The summed E-state index contributed by atoms with van der Waals surface area (Å²) in [4.78, 5) is 24.1. The van der Waals surface area contributed by atoms with Gasteiger partial charge in [0, 0.05) is 20.1 Å². The third kappa shape index (κ3) is 9.73. The minimum absolute atomic E-state index is 0.0483. The molecular formula is C10H22N4O3. The molecule has 0 unspecified atom stereocenters. The van der Waals surface area contributed by atoms with E-state index in [2.05, 4.69) is 10.7 Å². The fourth-order valence-electron chi connectivity index (χ4n) is 1.25. The van der Waals surface area contributed by atoms with Gasteiger partial charge in [0.1, 0.15) is 0 Å². The van der Waals surface area contributed by atoms with E-state index in [-0.39, 0.29) is 11.8 Å². The van der Waals surface area contributed by atoms with Gasteiger partial charge in [-0.05, 0) is 20.0 Å². The Kier molecular flexibility index (Phi) is 9.31. The molecule has 2 amide bonds. The van der Waals surface area contributed by atoms with E-state index in [9.17, 15) is 9.59 Å². The first-order valence-electron chi connectivity index (χ1n) is 5.53. The number of hydrogen-bond donors (Lipinski definition) is 3. The van der Waals surface area contributed by atoms with Crippen molar-refractivity contribution in [3.05, 3.63) is 0 Å². The zero-order valence-electron chi connectivity index (χ0n) is 10.5. The van der Waals surface area contributed by atoms with Crippen LogP contribution in [-0.2, 0) is 14.3 Å². The van der Waals surface area contributed by atoms with Crippen molar-refractivity contribution >= 4 is 11.8 Å². The van der Waals surface area contributed by atoms with Crippen molar-refractivity contribution in [2.45, 2.75) is 12.8 Å². The summed E-state index contributed by atoms with van der Waals surface area (Å²) in [6.45, 7) is 2.00. The highest BCUT2D eigenvalue weighted by Crippen LogP contribution is 1.92. The predicted molar refractivity (Wildman–Crippen MR) is 63.9 cm³/mol. The Morgan fingerprint density at radius 2 is 2.06 bits per heavy atom. The van der Waals surface area contributed by atoms with Crippen LogP contribution in [0.25, 0.3) is 0 Å². The standard InChI is InChI=1S/C10H22N4O3/c1-14(6-3-4-9(15)13-11)8-10(16)12-5-7-17-2/h3-8,11H2,1-2H3,(H,12,16)(H,13,15). The number of rotatable bonds is 9. The van der Waals surface area contributed by atoms with Gasteiger partial charge in [0.25, 0.3) is 0 Å². The van der Waals surface area contributed by atoms with Crippen LogP contribution in [0.15, 0.2) is 0 Å².